The van der Waals surface area contributed by atoms with E-state index in [1.807, 2.05) is 26.8 Å². The van der Waals surface area contributed by atoms with Gasteiger partial charge in [-0.1, -0.05) is 6.07 Å². The number of hydrogen-bond donors (Lipinski definition) is 0. The van der Waals surface area contributed by atoms with Gasteiger partial charge in [0.05, 0.1) is 6.42 Å². The Hall–Kier alpha value is -2.76. The fourth-order valence-electron chi connectivity index (χ4n) is 3.21. The Morgan fingerprint density at radius 3 is 2.54 bits per heavy atom. The lowest BCUT2D eigenvalue weighted by Gasteiger charge is -2.18. The summed E-state index contributed by atoms with van der Waals surface area (Å²) < 4.78 is 18.2. The van der Waals surface area contributed by atoms with Gasteiger partial charge < -0.3 is 18.8 Å². The standard InChI is InChI=1S/C20H23NO5/c1-4-21-13(2)9-16(14(21)3)17(22)12-26-20(23)11-15-5-6-18-19(10-15)25-8-7-24-18/h5-6,9-10H,4,7-8,11-12H2,1-3H3. The Morgan fingerprint density at radius 1 is 1.12 bits per heavy atom. The van der Waals surface area contributed by atoms with Crippen molar-refractivity contribution in [1.29, 1.82) is 0 Å². The summed E-state index contributed by atoms with van der Waals surface area (Å²) >= 11 is 0. The van der Waals surface area contributed by atoms with Crippen molar-refractivity contribution in [3.8, 4) is 11.5 Å². The van der Waals surface area contributed by atoms with Gasteiger partial charge in [-0.3, -0.25) is 9.59 Å². The van der Waals surface area contributed by atoms with Crippen LogP contribution in [0.2, 0.25) is 0 Å². The normalized spacial score (nSPS) is 12.7. The van der Waals surface area contributed by atoms with Gasteiger partial charge in [-0.2, -0.15) is 0 Å². The predicted octanol–water partition coefficient (Wildman–Crippen LogP) is 2.86. The van der Waals surface area contributed by atoms with E-state index in [9.17, 15) is 9.59 Å². The molecule has 3 rings (SSSR count). The molecule has 0 N–H and O–H groups in total. The molecule has 0 atom stereocenters. The van der Waals surface area contributed by atoms with Crippen LogP contribution < -0.4 is 9.47 Å². The first-order valence-electron chi connectivity index (χ1n) is 8.73. The molecule has 6 nitrogen and oxygen atoms in total. The molecule has 0 amide bonds. The van der Waals surface area contributed by atoms with Crippen LogP contribution in [-0.4, -0.2) is 36.1 Å². The van der Waals surface area contributed by atoms with E-state index in [1.54, 1.807) is 18.2 Å². The molecule has 1 aromatic heterocycles. The fourth-order valence-corrected chi connectivity index (χ4v) is 3.21. The molecule has 0 spiro atoms. The summed E-state index contributed by atoms with van der Waals surface area (Å²) in [5, 5.41) is 0. The van der Waals surface area contributed by atoms with Gasteiger partial charge in [-0.15, -0.1) is 0 Å². The van der Waals surface area contributed by atoms with Gasteiger partial charge in [-0.25, -0.2) is 0 Å². The van der Waals surface area contributed by atoms with E-state index in [-0.39, 0.29) is 18.8 Å². The molecule has 1 aromatic carbocycles. The number of carbonyl (C=O) groups is 2. The number of rotatable bonds is 6. The molecule has 0 fully saturated rings. The summed E-state index contributed by atoms with van der Waals surface area (Å²) in [4.78, 5) is 24.4. The zero-order chi connectivity index (χ0) is 18.7. The van der Waals surface area contributed by atoms with E-state index in [2.05, 4.69) is 4.57 Å². The lowest BCUT2D eigenvalue weighted by Crippen LogP contribution is -2.17. The van der Waals surface area contributed by atoms with Gasteiger partial charge in [-0.05, 0) is 44.5 Å². The van der Waals surface area contributed by atoms with E-state index < -0.39 is 5.97 Å². The van der Waals surface area contributed by atoms with Crippen LogP contribution in [0.15, 0.2) is 24.3 Å². The second kappa shape index (κ2) is 7.64. The third-order valence-electron chi connectivity index (χ3n) is 4.51. The predicted molar refractivity (Wildman–Crippen MR) is 96.0 cm³/mol. The summed E-state index contributed by atoms with van der Waals surface area (Å²) in [5.74, 6) is 0.673. The molecule has 138 valence electrons. The maximum atomic E-state index is 12.4. The minimum atomic E-state index is -0.445. The van der Waals surface area contributed by atoms with Crippen molar-refractivity contribution in [2.45, 2.75) is 33.7 Å². The Labute approximate surface area is 152 Å². The maximum Gasteiger partial charge on any atom is 0.310 e. The number of Topliss-reactive ketones (excluding diaryl/α,β-unsaturated/α-hetero) is 1. The number of fused-ring (bicyclic) bond motifs is 1. The topological polar surface area (TPSA) is 66.8 Å². The van der Waals surface area contributed by atoms with Crippen LogP contribution in [0.1, 0.15) is 34.2 Å². The zero-order valence-corrected chi connectivity index (χ0v) is 15.3. The molecule has 6 heteroatoms. The van der Waals surface area contributed by atoms with E-state index in [4.69, 9.17) is 14.2 Å². The number of ketones is 1. The van der Waals surface area contributed by atoms with Crippen LogP contribution in [0, 0.1) is 13.8 Å². The van der Waals surface area contributed by atoms with Gasteiger partial charge in [0, 0.05) is 23.5 Å². The minimum Gasteiger partial charge on any atom is -0.486 e. The van der Waals surface area contributed by atoms with Crippen LogP contribution in [-0.2, 0) is 22.5 Å². The largest absolute Gasteiger partial charge is 0.486 e. The van der Waals surface area contributed by atoms with Crippen molar-refractivity contribution >= 4 is 11.8 Å². The van der Waals surface area contributed by atoms with Crippen molar-refractivity contribution in [1.82, 2.24) is 4.57 Å². The average molecular weight is 357 g/mol. The van der Waals surface area contributed by atoms with Crippen molar-refractivity contribution in [2.24, 2.45) is 0 Å². The molecule has 2 aromatic rings. The lowest BCUT2D eigenvalue weighted by atomic mass is 10.1. The third-order valence-corrected chi connectivity index (χ3v) is 4.51. The molecule has 0 saturated carbocycles. The quantitative estimate of drug-likeness (QED) is 0.587. The first-order valence-corrected chi connectivity index (χ1v) is 8.73. The van der Waals surface area contributed by atoms with E-state index in [0.29, 0.717) is 30.3 Å². The maximum absolute atomic E-state index is 12.4. The van der Waals surface area contributed by atoms with Crippen LogP contribution in [0.25, 0.3) is 0 Å². The first-order chi connectivity index (χ1) is 12.5. The van der Waals surface area contributed by atoms with Crippen molar-refractivity contribution < 1.29 is 23.8 Å². The Bertz CT molecular complexity index is 837. The Balaban J connectivity index is 1.58. The van der Waals surface area contributed by atoms with Gasteiger partial charge >= 0.3 is 5.97 Å². The van der Waals surface area contributed by atoms with E-state index in [1.165, 1.54) is 0 Å². The smallest absolute Gasteiger partial charge is 0.310 e. The molecule has 2 heterocycles. The highest BCUT2D eigenvalue weighted by Gasteiger charge is 2.18. The number of aromatic nitrogens is 1. The van der Waals surface area contributed by atoms with Crippen molar-refractivity contribution in [3.05, 3.63) is 46.8 Å². The Morgan fingerprint density at radius 2 is 1.85 bits per heavy atom. The van der Waals surface area contributed by atoms with E-state index in [0.717, 1.165) is 23.5 Å². The third kappa shape index (κ3) is 3.74. The molecule has 26 heavy (non-hydrogen) atoms. The number of hydrogen-bond acceptors (Lipinski definition) is 5. The highest BCUT2D eigenvalue weighted by Crippen LogP contribution is 2.30. The fraction of sp³-hybridized carbons (Fsp3) is 0.400. The number of benzene rings is 1. The molecular formula is C20H23NO5. The number of ether oxygens (including phenoxy) is 3. The molecule has 0 aliphatic carbocycles. The number of esters is 1. The van der Waals surface area contributed by atoms with Gasteiger partial charge in [0.2, 0.25) is 5.78 Å². The molecule has 1 aliphatic rings. The van der Waals surface area contributed by atoms with Crippen molar-refractivity contribution in [2.75, 3.05) is 19.8 Å². The number of carbonyl (C=O) groups excluding carboxylic acids is 2. The summed E-state index contributed by atoms with van der Waals surface area (Å²) in [6, 6.07) is 7.19. The second-order valence-corrected chi connectivity index (χ2v) is 6.27. The molecule has 0 radical (unpaired) electrons. The SMILES string of the molecule is CCn1c(C)cc(C(=O)COC(=O)Cc2ccc3c(c2)OCCO3)c1C. The van der Waals surface area contributed by atoms with Crippen molar-refractivity contribution in [3.63, 3.8) is 0 Å². The van der Waals surface area contributed by atoms with Gasteiger partial charge in [0.1, 0.15) is 13.2 Å². The average Bonchev–Trinajstić information content (AvgIpc) is 2.93. The lowest BCUT2D eigenvalue weighted by molar-refractivity contribution is -0.141. The number of nitrogens with zero attached hydrogens (tertiary/aromatic N) is 1. The van der Waals surface area contributed by atoms with Crippen LogP contribution in [0.5, 0.6) is 11.5 Å². The Kier molecular flexibility index (Phi) is 5.30. The molecule has 0 unspecified atom stereocenters. The minimum absolute atomic E-state index is 0.0813. The summed E-state index contributed by atoms with van der Waals surface area (Å²) in [5.41, 5.74) is 3.29. The second-order valence-electron chi connectivity index (χ2n) is 6.27. The summed E-state index contributed by atoms with van der Waals surface area (Å²) in [6.45, 7) is 7.45. The van der Waals surface area contributed by atoms with Gasteiger partial charge in [0.25, 0.3) is 0 Å². The van der Waals surface area contributed by atoms with Gasteiger partial charge in [0.15, 0.2) is 18.1 Å². The first kappa shape index (κ1) is 18.0. The number of aryl methyl sites for hydroxylation is 1. The van der Waals surface area contributed by atoms with E-state index >= 15 is 0 Å². The molecule has 0 bridgehead atoms. The van der Waals surface area contributed by atoms with Crippen LogP contribution in [0.4, 0.5) is 0 Å². The zero-order valence-electron chi connectivity index (χ0n) is 15.3. The highest BCUT2D eigenvalue weighted by atomic mass is 16.6. The molecule has 0 saturated heterocycles. The summed E-state index contributed by atoms with van der Waals surface area (Å²) in [6.07, 6.45) is 0.0813. The summed E-state index contributed by atoms with van der Waals surface area (Å²) in [7, 11) is 0. The monoisotopic (exact) mass is 357 g/mol. The van der Waals surface area contributed by atoms with Crippen LogP contribution >= 0.6 is 0 Å². The van der Waals surface area contributed by atoms with Crippen LogP contribution in [0.3, 0.4) is 0 Å². The highest BCUT2D eigenvalue weighted by molar-refractivity contribution is 5.99. The molecular weight excluding hydrogens is 334 g/mol. The molecule has 1 aliphatic heterocycles.